The number of sulfonamides is 1. The molecule has 1 saturated carbocycles. The summed E-state index contributed by atoms with van der Waals surface area (Å²) in [6.07, 6.45) is 4.96. The standard InChI is InChI=1S/C19H28N2O4S/c1-3-10-20(14-15-6-7-15)19(22)16-8-9-17(25-2)18(13-16)26(23,24)21-11-4-5-12-21/h8-9,13,15H,3-7,10-12,14H2,1-2H3. The molecule has 1 aromatic rings. The highest BCUT2D eigenvalue weighted by molar-refractivity contribution is 7.89. The minimum absolute atomic E-state index is 0.0932. The molecule has 1 aliphatic heterocycles. The van der Waals surface area contributed by atoms with Crippen LogP contribution in [0.1, 0.15) is 49.4 Å². The molecule has 3 rings (SSSR count). The first-order valence-corrected chi connectivity index (χ1v) is 10.9. The molecule has 1 heterocycles. The maximum atomic E-state index is 13.0. The average Bonchev–Trinajstić information content (AvgIpc) is 3.28. The highest BCUT2D eigenvalue weighted by Gasteiger charge is 2.32. The number of rotatable bonds is 8. The molecule has 26 heavy (non-hydrogen) atoms. The first kappa shape index (κ1) is 19.2. The Labute approximate surface area is 156 Å². The van der Waals surface area contributed by atoms with E-state index >= 15 is 0 Å². The van der Waals surface area contributed by atoms with Crippen LogP contribution in [0, 0.1) is 5.92 Å². The summed E-state index contributed by atoms with van der Waals surface area (Å²) < 4.78 is 32.7. The number of benzene rings is 1. The Hall–Kier alpha value is -1.60. The van der Waals surface area contributed by atoms with E-state index in [1.807, 2.05) is 11.8 Å². The van der Waals surface area contributed by atoms with Crippen LogP contribution in [0.3, 0.4) is 0 Å². The first-order chi connectivity index (χ1) is 12.5. The Kier molecular flexibility index (Phi) is 5.87. The zero-order chi connectivity index (χ0) is 18.7. The van der Waals surface area contributed by atoms with Crippen LogP contribution in [-0.2, 0) is 10.0 Å². The number of hydrogen-bond donors (Lipinski definition) is 0. The molecule has 6 nitrogen and oxygen atoms in total. The summed E-state index contributed by atoms with van der Waals surface area (Å²) in [7, 11) is -2.19. The maximum Gasteiger partial charge on any atom is 0.253 e. The molecule has 0 aromatic heterocycles. The van der Waals surface area contributed by atoms with Crippen molar-refractivity contribution >= 4 is 15.9 Å². The second-order valence-corrected chi connectivity index (χ2v) is 9.08. The van der Waals surface area contributed by atoms with Gasteiger partial charge >= 0.3 is 0 Å². The lowest BCUT2D eigenvalue weighted by atomic mass is 10.1. The fraction of sp³-hybridized carbons (Fsp3) is 0.632. The first-order valence-electron chi connectivity index (χ1n) is 9.44. The van der Waals surface area contributed by atoms with Gasteiger partial charge in [-0.05, 0) is 56.2 Å². The molecule has 0 bridgehead atoms. The Morgan fingerprint density at radius 2 is 1.96 bits per heavy atom. The Balaban J connectivity index is 1.91. The van der Waals surface area contributed by atoms with Crippen LogP contribution < -0.4 is 4.74 Å². The molecule has 0 unspecified atom stereocenters. The molecular formula is C19H28N2O4S. The fourth-order valence-electron chi connectivity index (χ4n) is 3.42. The number of ether oxygens (including phenoxy) is 1. The fourth-order valence-corrected chi connectivity index (χ4v) is 5.12. The van der Waals surface area contributed by atoms with E-state index in [0.29, 0.717) is 31.1 Å². The summed E-state index contributed by atoms with van der Waals surface area (Å²) in [6, 6.07) is 4.75. The number of nitrogens with zero attached hydrogens (tertiary/aromatic N) is 2. The predicted octanol–water partition coefficient (Wildman–Crippen LogP) is 2.74. The van der Waals surface area contributed by atoms with E-state index in [-0.39, 0.29) is 16.6 Å². The van der Waals surface area contributed by atoms with E-state index < -0.39 is 10.0 Å². The third-order valence-corrected chi connectivity index (χ3v) is 6.97. The number of carbonyl (C=O) groups excluding carboxylic acids is 1. The van der Waals surface area contributed by atoms with Crippen molar-refractivity contribution in [3.05, 3.63) is 23.8 Å². The molecule has 1 aromatic carbocycles. The van der Waals surface area contributed by atoms with Crippen molar-refractivity contribution in [3.63, 3.8) is 0 Å². The monoisotopic (exact) mass is 380 g/mol. The van der Waals surface area contributed by atoms with Crippen molar-refractivity contribution in [2.75, 3.05) is 33.3 Å². The lowest BCUT2D eigenvalue weighted by molar-refractivity contribution is 0.0747. The van der Waals surface area contributed by atoms with Crippen molar-refractivity contribution in [3.8, 4) is 5.75 Å². The van der Waals surface area contributed by atoms with Crippen molar-refractivity contribution in [1.82, 2.24) is 9.21 Å². The largest absolute Gasteiger partial charge is 0.495 e. The van der Waals surface area contributed by atoms with Crippen LogP contribution in [0.25, 0.3) is 0 Å². The van der Waals surface area contributed by atoms with Gasteiger partial charge in [-0.25, -0.2) is 8.42 Å². The van der Waals surface area contributed by atoms with Crippen molar-refractivity contribution in [2.24, 2.45) is 5.92 Å². The molecule has 7 heteroatoms. The van der Waals surface area contributed by atoms with Gasteiger partial charge in [0.25, 0.3) is 5.91 Å². The highest BCUT2D eigenvalue weighted by atomic mass is 32.2. The predicted molar refractivity (Wildman–Crippen MR) is 99.9 cm³/mol. The zero-order valence-electron chi connectivity index (χ0n) is 15.6. The quantitative estimate of drug-likeness (QED) is 0.695. The molecule has 144 valence electrons. The topological polar surface area (TPSA) is 66.9 Å². The SMILES string of the molecule is CCCN(CC1CC1)C(=O)c1ccc(OC)c(S(=O)(=O)N2CCCC2)c1. The van der Waals surface area contributed by atoms with E-state index in [1.54, 1.807) is 12.1 Å². The summed E-state index contributed by atoms with van der Waals surface area (Å²) in [5, 5.41) is 0. The third kappa shape index (κ3) is 4.04. The molecule has 0 atom stereocenters. The molecule has 1 aliphatic carbocycles. The Morgan fingerprint density at radius 3 is 2.54 bits per heavy atom. The van der Waals surface area contributed by atoms with E-state index in [1.165, 1.54) is 30.3 Å². The minimum atomic E-state index is -3.65. The van der Waals surface area contributed by atoms with E-state index in [0.717, 1.165) is 25.8 Å². The summed E-state index contributed by atoms with van der Waals surface area (Å²) >= 11 is 0. The molecule has 1 saturated heterocycles. The number of amides is 1. The van der Waals surface area contributed by atoms with E-state index in [9.17, 15) is 13.2 Å². The average molecular weight is 381 g/mol. The van der Waals surface area contributed by atoms with Crippen LogP contribution >= 0.6 is 0 Å². The van der Waals surface area contributed by atoms with Crippen LogP contribution in [0.15, 0.2) is 23.1 Å². The molecule has 2 fully saturated rings. The number of carbonyl (C=O) groups is 1. The summed E-state index contributed by atoms with van der Waals surface area (Å²) in [6.45, 7) is 4.54. The van der Waals surface area contributed by atoms with Crippen LogP contribution in [0.4, 0.5) is 0 Å². The zero-order valence-corrected chi connectivity index (χ0v) is 16.4. The summed E-state index contributed by atoms with van der Waals surface area (Å²) in [4.78, 5) is 14.9. The van der Waals surface area contributed by atoms with Gasteiger partial charge in [0.05, 0.1) is 7.11 Å². The lowest BCUT2D eigenvalue weighted by Crippen LogP contribution is -2.34. The van der Waals surface area contributed by atoms with Crippen molar-refractivity contribution < 1.29 is 17.9 Å². The molecule has 0 radical (unpaired) electrons. The molecule has 0 spiro atoms. The Morgan fingerprint density at radius 1 is 1.27 bits per heavy atom. The van der Waals surface area contributed by atoms with Gasteiger partial charge in [-0.2, -0.15) is 4.31 Å². The third-order valence-electron chi connectivity index (χ3n) is 5.05. The van der Waals surface area contributed by atoms with Gasteiger partial charge in [0.1, 0.15) is 10.6 Å². The van der Waals surface area contributed by atoms with E-state index in [4.69, 9.17) is 4.74 Å². The minimum Gasteiger partial charge on any atom is -0.495 e. The second-order valence-electron chi connectivity index (χ2n) is 7.17. The highest BCUT2D eigenvalue weighted by Crippen LogP contribution is 2.32. The van der Waals surface area contributed by atoms with E-state index in [2.05, 4.69) is 0 Å². The smallest absolute Gasteiger partial charge is 0.253 e. The molecule has 1 amide bonds. The van der Waals surface area contributed by atoms with Gasteiger partial charge in [-0.15, -0.1) is 0 Å². The van der Waals surface area contributed by atoms with Crippen LogP contribution in [-0.4, -0.2) is 56.8 Å². The van der Waals surface area contributed by atoms with Crippen LogP contribution in [0.2, 0.25) is 0 Å². The molecule has 2 aliphatic rings. The van der Waals surface area contributed by atoms with Crippen LogP contribution in [0.5, 0.6) is 5.75 Å². The second kappa shape index (κ2) is 7.96. The maximum absolute atomic E-state index is 13.0. The van der Waals surface area contributed by atoms with Gasteiger partial charge in [0.15, 0.2) is 0 Å². The lowest BCUT2D eigenvalue weighted by Gasteiger charge is -2.23. The summed E-state index contributed by atoms with van der Waals surface area (Å²) in [5.74, 6) is 0.786. The van der Waals surface area contributed by atoms with Crippen molar-refractivity contribution in [2.45, 2.75) is 43.9 Å². The Bertz CT molecular complexity index is 753. The number of methoxy groups -OCH3 is 1. The molecular weight excluding hydrogens is 352 g/mol. The van der Waals surface area contributed by atoms with Gasteiger partial charge in [-0.3, -0.25) is 4.79 Å². The summed E-state index contributed by atoms with van der Waals surface area (Å²) in [5.41, 5.74) is 0.415. The van der Waals surface area contributed by atoms with Gasteiger partial charge < -0.3 is 9.64 Å². The molecule has 0 N–H and O–H groups in total. The number of hydrogen-bond acceptors (Lipinski definition) is 4. The normalized spacial score (nSPS) is 18.1. The van der Waals surface area contributed by atoms with Gasteiger partial charge in [0.2, 0.25) is 10.0 Å². The van der Waals surface area contributed by atoms with Crippen molar-refractivity contribution in [1.29, 1.82) is 0 Å². The van der Waals surface area contributed by atoms with Gasteiger partial charge in [-0.1, -0.05) is 6.92 Å². The van der Waals surface area contributed by atoms with Gasteiger partial charge in [0, 0.05) is 31.7 Å².